The van der Waals surface area contributed by atoms with Gasteiger partial charge in [-0.3, -0.25) is 11.3 Å². The third kappa shape index (κ3) is 3.56. The Balaban J connectivity index is 2.06. The molecule has 1 aromatic carbocycles. The number of nitrogens with one attached hydrogen (secondary N) is 1. The smallest absolute Gasteiger partial charge is 0.0713 e. The number of hydrogen-bond acceptors (Lipinski definition) is 3. The van der Waals surface area contributed by atoms with E-state index in [1.54, 1.807) is 0 Å². The molecule has 1 aliphatic carbocycles. The van der Waals surface area contributed by atoms with Crippen molar-refractivity contribution >= 4 is 0 Å². The fourth-order valence-electron chi connectivity index (χ4n) is 3.18. The summed E-state index contributed by atoms with van der Waals surface area (Å²) in [5.74, 6) is 6.32. The lowest BCUT2D eigenvalue weighted by molar-refractivity contribution is 0.0427. The lowest BCUT2D eigenvalue weighted by Crippen LogP contribution is -2.45. The van der Waals surface area contributed by atoms with Gasteiger partial charge in [0, 0.05) is 12.6 Å². The summed E-state index contributed by atoms with van der Waals surface area (Å²) in [6, 6.07) is 9.05. The van der Waals surface area contributed by atoms with Gasteiger partial charge in [0.2, 0.25) is 0 Å². The molecule has 3 N–H and O–H groups in total. The van der Waals surface area contributed by atoms with Crippen molar-refractivity contribution in [1.29, 1.82) is 0 Å². The van der Waals surface area contributed by atoms with Crippen molar-refractivity contribution in [2.24, 2.45) is 5.84 Å². The van der Waals surface area contributed by atoms with Crippen LogP contribution in [0.5, 0.6) is 0 Å². The monoisotopic (exact) mass is 262 g/mol. The zero-order chi connectivity index (χ0) is 13.7. The molecule has 2 rings (SSSR count). The van der Waals surface area contributed by atoms with Crippen molar-refractivity contribution in [3.05, 3.63) is 35.4 Å². The highest BCUT2D eigenvalue weighted by Crippen LogP contribution is 2.35. The van der Waals surface area contributed by atoms with Crippen molar-refractivity contribution in [3.8, 4) is 0 Å². The Morgan fingerprint density at radius 2 is 2.21 bits per heavy atom. The van der Waals surface area contributed by atoms with Gasteiger partial charge in [0.05, 0.1) is 6.10 Å². The Morgan fingerprint density at radius 1 is 1.42 bits per heavy atom. The average Bonchev–Trinajstić information content (AvgIpc) is 2.45. The first-order valence-corrected chi connectivity index (χ1v) is 7.41. The Morgan fingerprint density at radius 3 is 2.95 bits per heavy atom. The second-order valence-corrected chi connectivity index (χ2v) is 5.46. The van der Waals surface area contributed by atoms with Crippen molar-refractivity contribution < 1.29 is 4.74 Å². The van der Waals surface area contributed by atoms with Gasteiger partial charge in [-0.1, -0.05) is 24.3 Å². The minimum atomic E-state index is 0.157. The van der Waals surface area contributed by atoms with Crippen LogP contribution in [0, 0.1) is 0 Å². The first-order valence-electron chi connectivity index (χ1n) is 7.41. The maximum absolute atomic E-state index is 5.71. The number of hydrogen-bond donors (Lipinski definition) is 2. The molecule has 3 atom stereocenters. The fraction of sp³-hybridized carbons (Fsp3) is 0.625. The van der Waals surface area contributed by atoms with E-state index in [1.807, 2.05) is 6.92 Å². The predicted molar refractivity (Wildman–Crippen MR) is 78.9 cm³/mol. The molecule has 3 unspecified atom stereocenters. The zero-order valence-corrected chi connectivity index (χ0v) is 12.1. The van der Waals surface area contributed by atoms with E-state index in [0.717, 1.165) is 13.0 Å². The molecule has 0 saturated carbocycles. The Kier molecular flexibility index (Phi) is 5.37. The molecule has 0 heterocycles. The molecule has 0 aliphatic heterocycles. The molecule has 0 fully saturated rings. The number of benzene rings is 1. The van der Waals surface area contributed by atoms with Gasteiger partial charge in [0.25, 0.3) is 0 Å². The van der Waals surface area contributed by atoms with E-state index >= 15 is 0 Å². The number of hydrazine groups is 1. The SMILES string of the molecule is CCOC(C)C(CC1CCCc2ccccc21)NN. The third-order valence-corrected chi connectivity index (χ3v) is 4.24. The topological polar surface area (TPSA) is 47.3 Å². The van der Waals surface area contributed by atoms with Crippen LogP contribution in [-0.4, -0.2) is 18.8 Å². The summed E-state index contributed by atoms with van der Waals surface area (Å²) in [5.41, 5.74) is 5.96. The Hall–Kier alpha value is -0.900. The molecule has 0 aromatic heterocycles. The predicted octanol–water partition coefficient (Wildman–Crippen LogP) is 2.75. The van der Waals surface area contributed by atoms with Crippen LogP contribution in [0.2, 0.25) is 0 Å². The van der Waals surface area contributed by atoms with Crippen LogP contribution in [0.3, 0.4) is 0 Å². The zero-order valence-electron chi connectivity index (χ0n) is 12.1. The average molecular weight is 262 g/mol. The summed E-state index contributed by atoms with van der Waals surface area (Å²) in [6.45, 7) is 4.86. The van der Waals surface area contributed by atoms with Gasteiger partial charge in [0.1, 0.15) is 0 Å². The van der Waals surface area contributed by atoms with Gasteiger partial charge in [-0.2, -0.15) is 0 Å². The lowest BCUT2D eigenvalue weighted by atomic mass is 9.79. The molecule has 3 heteroatoms. The summed E-state index contributed by atoms with van der Waals surface area (Å²) in [7, 11) is 0. The highest BCUT2D eigenvalue weighted by molar-refractivity contribution is 5.32. The third-order valence-electron chi connectivity index (χ3n) is 4.24. The maximum atomic E-state index is 5.71. The van der Waals surface area contributed by atoms with Crippen molar-refractivity contribution in [1.82, 2.24) is 5.43 Å². The van der Waals surface area contributed by atoms with Gasteiger partial charge < -0.3 is 4.74 Å². The van der Waals surface area contributed by atoms with Crippen molar-refractivity contribution in [2.45, 2.75) is 57.6 Å². The van der Waals surface area contributed by atoms with Gasteiger partial charge in [-0.15, -0.1) is 0 Å². The van der Waals surface area contributed by atoms with E-state index < -0.39 is 0 Å². The second kappa shape index (κ2) is 7.04. The van der Waals surface area contributed by atoms with E-state index in [9.17, 15) is 0 Å². The van der Waals surface area contributed by atoms with Crippen LogP contribution < -0.4 is 11.3 Å². The van der Waals surface area contributed by atoms with E-state index in [1.165, 1.54) is 30.4 Å². The van der Waals surface area contributed by atoms with Crippen LogP contribution >= 0.6 is 0 Å². The molecule has 0 amide bonds. The van der Waals surface area contributed by atoms with Crippen molar-refractivity contribution in [2.75, 3.05) is 6.61 Å². The Labute approximate surface area is 116 Å². The summed E-state index contributed by atoms with van der Waals surface area (Å²) in [5, 5.41) is 0. The van der Waals surface area contributed by atoms with Gasteiger partial charge in [-0.25, -0.2) is 0 Å². The molecule has 1 aromatic rings. The molecule has 0 bridgehead atoms. The normalized spacial score (nSPS) is 21.7. The first-order chi connectivity index (χ1) is 9.26. The molecule has 1 aliphatic rings. The van der Waals surface area contributed by atoms with Gasteiger partial charge >= 0.3 is 0 Å². The number of rotatable bonds is 6. The van der Waals surface area contributed by atoms with E-state index in [-0.39, 0.29) is 12.1 Å². The minimum absolute atomic E-state index is 0.157. The second-order valence-electron chi connectivity index (χ2n) is 5.46. The lowest BCUT2D eigenvalue weighted by Gasteiger charge is -2.31. The molecule has 19 heavy (non-hydrogen) atoms. The number of nitrogens with two attached hydrogens (primary N) is 1. The molecule has 106 valence electrons. The van der Waals surface area contributed by atoms with Crippen LogP contribution in [0.1, 0.15) is 50.2 Å². The first kappa shape index (κ1) is 14.5. The molecular weight excluding hydrogens is 236 g/mol. The molecule has 3 nitrogen and oxygen atoms in total. The molecule has 0 radical (unpaired) electrons. The standard InChI is InChI=1S/C16H26N2O/c1-3-19-12(2)16(18-17)11-14-9-6-8-13-7-4-5-10-15(13)14/h4-5,7,10,12,14,16,18H,3,6,8-9,11,17H2,1-2H3. The molecular formula is C16H26N2O. The molecule has 0 saturated heterocycles. The highest BCUT2D eigenvalue weighted by atomic mass is 16.5. The van der Waals surface area contributed by atoms with Crippen LogP contribution in [0.25, 0.3) is 0 Å². The number of aryl methyl sites for hydroxylation is 1. The van der Waals surface area contributed by atoms with Crippen LogP contribution in [0.4, 0.5) is 0 Å². The van der Waals surface area contributed by atoms with E-state index in [4.69, 9.17) is 10.6 Å². The number of ether oxygens (including phenoxy) is 1. The summed E-state index contributed by atoms with van der Waals surface area (Å²) in [4.78, 5) is 0. The molecule has 0 spiro atoms. The van der Waals surface area contributed by atoms with Crippen LogP contribution in [-0.2, 0) is 11.2 Å². The minimum Gasteiger partial charge on any atom is -0.377 e. The summed E-state index contributed by atoms with van der Waals surface area (Å²) in [6.07, 6.45) is 4.96. The van der Waals surface area contributed by atoms with Gasteiger partial charge in [-0.05, 0) is 56.6 Å². The number of fused-ring (bicyclic) bond motifs is 1. The Bertz CT molecular complexity index is 394. The summed E-state index contributed by atoms with van der Waals surface area (Å²) < 4.78 is 5.68. The quantitative estimate of drug-likeness (QED) is 0.612. The van der Waals surface area contributed by atoms with E-state index in [2.05, 4.69) is 36.6 Å². The van der Waals surface area contributed by atoms with Crippen LogP contribution in [0.15, 0.2) is 24.3 Å². The van der Waals surface area contributed by atoms with Gasteiger partial charge in [0.15, 0.2) is 0 Å². The maximum Gasteiger partial charge on any atom is 0.0713 e. The fourth-order valence-corrected chi connectivity index (χ4v) is 3.18. The largest absolute Gasteiger partial charge is 0.377 e. The van der Waals surface area contributed by atoms with Crippen molar-refractivity contribution in [3.63, 3.8) is 0 Å². The van der Waals surface area contributed by atoms with E-state index in [0.29, 0.717) is 5.92 Å². The highest BCUT2D eigenvalue weighted by Gasteiger charge is 2.25. The summed E-state index contributed by atoms with van der Waals surface area (Å²) >= 11 is 0.